The first-order valence-electron chi connectivity index (χ1n) is 4.34. The lowest BCUT2D eigenvalue weighted by Crippen LogP contribution is -2.24. The molecule has 0 radical (unpaired) electrons. The fraction of sp³-hybridized carbons (Fsp3) is 0.200. The Labute approximate surface area is 85.5 Å². The van der Waals surface area contributed by atoms with Gasteiger partial charge in [-0.05, 0) is 24.3 Å². The van der Waals surface area contributed by atoms with Crippen LogP contribution in [-0.4, -0.2) is 18.7 Å². The van der Waals surface area contributed by atoms with Crippen molar-refractivity contribution < 1.29 is 13.9 Å². The number of carbonyl (C=O) groups excluding carboxylic acids is 1. The monoisotopic (exact) mass is 206 g/mol. The minimum atomic E-state index is -0.748. The summed E-state index contributed by atoms with van der Waals surface area (Å²) in [4.78, 5) is 12.6. The fourth-order valence-corrected chi connectivity index (χ4v) is 1.36. The first-order valence-corrected chi connectivity index (χ1v) is 4.34. The Morgan fingerprint density at radius 3 is 2.67 bits per heavy atom. The van der Waals surface area contributed by atoms with Crippen LogP contribution in [0.15, 0.2) is 24.3 Å². The van der Waals surface area contributed by atoms with Gasteiger partial charge in [-0.3, -0.25) is 4.90 Å². The molecule has 4 nitrogen and oxygen atoms in total. The third-order valence-electron chi connectivity index (χ3n) is 2.09. The van der Waals surface area contributed by atoms with Crippen LogP contribution in [0.4, 0.5) is 14.9 Å². The van der Waals surface area contributed by atoms with E-state index in [2.05, 4.69) is 0 Å². The molecule has 1 fully saturated rings. The van der Waals surface area contributed by atoms with Gasteiger partial charge in [0.15, 0.2) is 0 Å². The molecule has 1 amide bonds. The van der Waals surface area contributed by atoms with E-state index in [-0.39, 0.29) is 12.4 Å². The molecule has 5 heteroatoms. The SMILES string of the molecule is N#CC1CN(c2ccc(F)cc2)C(=O)O1. The van der Waals surface area contributed by atoms with Crippen LogP contribution in [0.3, 0.4) is 0 Å². The topological polar surface area (TPSA) is 53.3 Å². The minimum absolute atomic E-state index is 0.182. The van der Waals surface area contributed by atoms with Crippen molar-refractivity contribution in [1.82, 2.24) is 0 Å². The molecule has 0 aliphatic carbocycles. The summed E-state index contributed by atoms with van der Waals surface area (Å²) in [6, 6.07) is 7.29. The smallest absolute Gasteiger partial charge is 0.415 e. The van der Waals surface area contributed by atoms with E-state index < -0.39 is 12.2 Å². The van der Waals surface area contributed by atoms with Crippen molar-refractivity contribution in [2.45, 2.75) is 6.10 Å². The number of hydrogen-bond donors (Lipinski definition) is 0. The van der Waals surface area contributed by atoms with Crippen LogP contribution in [-0.2, 0) is 4.74 Å². The largest absolute Gasteiger partial charge is 0.428 e. The van der Waals surface area contributed by atoms with Gasteiger partial charge in [0.25, 0.3) is 0 Å². The Morgan fingerprint density at radius 2 is 2.13 bits per heavy atom. The van der Waals surface area contributed by atoms with Gasteiger partial charge in [0.05, 0.1) is 6.54 Å². The van der Waals surface area contributed by atoms with E-state index in [1.807, 2.05) is 6.07 Å². The van der Waals surface area contributed by atoms with Gasteiger partial charge in [-0.1, -0.05) is 0 Å². The van der Waals surface area contributed by atoms with Gasteiger partial charge < -0.3 is 4.74 Å². The van der Waals surface area contributed by atoms with Gasteiger partial charge in [0, 0.05) is 5.69 Å². The third-order valence-corrected chi connectivity index (χ3v) is 2.09. The highest BCUT2D eigenvalue weighted by molar-refractivity contribution is 5.89. The van der Waals surface area contributed by atoms with Crippen molar-refractivity contribution in [3.8, 4) is 6.07 Å². The number of nitriles is 1. The van der Waals surface area contributed by atoms with Crippen LogP contribution in [0.1, 0.15) is 0 Å². The first kappa shape index (κ1) is 9.46. The van der Waals surface area contributed by atoms with E-state index in [4.69, 9.17) is 10.00 Å². The average molecular weight is 206 g/mol. The highest BCUT2D eigenvalue weighted by atomic mass is 19.1. The molecule has 0 bridgehead atoms. The Kier molecular flexibility index (Phi) is 2.26. The molecule has 0 aromatic heterocycles. The highest BCUT2D eigenvalue weighted by Gasteiger charge is 2.32. The molecular weight excluding hydrogens is 199 g/mol. The molecule has 1 heterocycles. The van der Waals surface area contributed by atoms with Gasteiger partial charge in [0.2, 0.25) is 6.10 Å². The summed E-state index contributed by atoms with van der Waals surface area (Å²) < 4.78 is 17.4. The maximum atomic E-state index is 12.6. The minimum Gasteiger partial charge on any atom is -0.428 e. The van der Waals surface area contributed by atoms with Crippen LogP contribution in [0, 0.1) is 17.1 Å². The summed E-state index contributed by atoms with van der Waals surface area (Å²) in [6.45, 7) is 0.182. The summed E-state index contributed by atoms with van der Waals surface area (Å²) in [5.74, 6) is -0.372. The van der Waals surface area contributed by atoms with Crippen molar-refractivity contribution in [1.29, 1.82) is 5.26 Å². The molecule has 0 saturated carbocycles. The molecule has 1 aromatic carbocycles. The van der Waals surface area contributed by atoms with Crippen molar-refractivity contribution in [2.75, 3.05) is 11.4 Å². The van der Waals surface area contributed by atoms with Gasteiger partial charge in [-0.15, -0.1) is 0 Å². The van der Waals surface area contributed by atoms with E-state index in [0.29, 0.717) is 5.69 Å². The molecule has 1 aliphatic rings. The molecular formula is C10H7FN2O2. The number of amides is 1. The standard InChI is InChI=1S/C10H7FN2O2/c11-7-1-3-8(4-2-7)13-6-9(5-12)15-10(13)14/h1-4,9H,6H2. The highest BCUT2D eigenvalue weighted by Crippen LogP contribution is 2.21. The molecule has 1 aliphatic heterocycles. The second kappa shape index (κ2) is 3.58. The lowest BCUT2D eigenvalue weighted by atomic mass is 10.3. The Hall–Kier alpha value is -2.09. The molecule has 0 N–H and O–H groups in total. The second-order valence-electron chi connectivity index (χ2n) is 3.09. The number of anilines is 1. The van der Waals surface area contributed by atoms with E-state index in [0.717, 1.165) is 0 Å². The summed E-state index contributed by atoms with van der Waals surface area (Å²) in [7, 11) is 0. The molecule has 1 atom stereocenters. The quantitative estimate of drug-likeness (QED) is 0.702. The van der Waals surface area contributed by atoms with Crippen LogP contribution < -0.4 is 4.90 Å². The second-order valence-corrected chi connectivity index (χ2v) is 3.09. The van der Waals surface area contributed by atoms with E-state index in [9.17, 15) is 9.18 Å². The molecule has 2 rings (SSSR count). The summed E-state index contributed by atoms with van der Waals surface area (Å²) in [5.41, 5.74) is 0.527. The zero-order valence-corrected chi connectivity index (χ0v) is 7.68. The first-order chi connectivity index (χ1) is 7.20. The molecule has 15 heavy (non-hydrogen) atoms. The number of hydrogen-bond acceptors (Lipinski definition) is 3. The van der Waals surface area contributed by atoms with Gasteiger partial charge in [-0.25, -0.2) is 9.18 Å². The number of ether oxygens (including phenoxy) is 1. The van der Waals surface area contributed by atoms with Crippen molar-refractivity contribution in [2.24, 2.45) is 0 Å². The predicted molar refractivity (Wildman–Crippen MR) is 49.6 cm³/mol. The Morgan fingerprint density at radius 1 is 1.47 bits per heavy atom. The van der Waals surface area contributed by atoms with E-state index >= 15 is 0 Å². The zero-order chi connectivity index (χ0) is 10.8. The lowest BCUT2D eigenvalue weighted by Gasteiger charge is -2.11. The van der Waals surface area contributed by atoms with Gasteiger partial charge in [0.1, 0.15) is 11.9 Å². The predicted octanol–water partition coefficient (Wildman–Crippen LogP) is 1.67. The number of cyclic esters (lactones) is 1. The summed E-state index contributed by atoms with van der Waals surface area (Å²) >= 11 is 0. The normalized spacial score (nSPS) is 19.9. The van der Waals surface area contributed by atoms with Crippen molar-refractivity contribution >= 4 is 11.8 Å². The van der Waals surface area contributed by atoms with E-state index in [1.54, 1.807) is 0 Å². The molecule has 1 unspecified atom stereocenters. The number of benzene rings is 1. The fourth-order valence-electron chi connectivity index (χ4n) is 1.36. The average Bonchev–Trinajstić information content (AvgIpc) is 2.61. The maximum Gasteiger partial charge on any atom is 0.415 e. The number of rotatable bonds is 1. The van der Waals surface area contributed by atoms with Crippen molar-refractivity contribution in [3.63, 3.8) is 0 Å². The lowest BCUT2D eigenvalue weighted by molar-refractivity contribution is 0.162. The van der Waals surface area contributed by atoms with E-state index in [1.165, 1.54) is 29.2 Å². The molecule has 0 spiro atoms. The van der Waals surface area contributed by atoms with Gasteiger partial charge >= 0.3 is 6.09 Å². The molecule has 1 aromatic rings. The zero-order valence-electron chi connectivity index (χ0n) is 7.68. The Balaban J connectivity index is 2.22. The number of nitrogens with zero attached hydrogens (tertiary/aromatic N) is 2. The summed E-state index contributed by atoms with van der Waals surface area (Å²) in [5, 5.41) is 8.58. The number of halogens is 1. The van der Waals surface area contributed by atoms with Crippen LogP contribution in [0.25, 0.3) is 0 Å². The molecule has 1 saturated heterocycles. The van der Waals surface area contributed by atoms with Crippen molar-refractivity contribution in [3.05, 3.63) is 30.1 Å². The molecule has 76 valence electrons. The van der Waals surface area contributed by atoms with Crippen LogP contribution in [0.2, 0.25) is 0 Å². The third kappa shape index (κ3) is 1.74. The van der Waals surface area contributed by atoms with Crippen LogP contribution >= 0.6 is 0 Å². The Bertz CT molecular complexity index is 424. The number of carbonyl (C=O) groups is 1. The van der Waals surface area contributed by atoms with Gasteiger partial charge in [-0.2, -0.15) is 5.26 Å². The van der Waals surface area contributed by atoms with Crippen LogP contribution in [0.5, 0.6) is 0 Å². The summed E-state index contributed by atoms with van der Waals surface area (Å²) in [6.07, 6.45) is -1.32. The maximum absolute atomic E-state index is 12.6.